The number of rotatable bonds is 5. The summed E-state index contributed by atoms with van der Waals surface area (Å²) in [6, 6.07) is 12.8. The van der Waals surface area contributed by atoms with Crippen molar-refractivity contribution in [3.05, 3.63) is 59.9 Å². The quantitative estimate of drug-likeness (QED) is 0.334. The van der Waals surface area contributed by atoms with Crippen LogP contribution >= 0.6 is 11.8 Å². The highest BCUT2D eigenvalue weighted by molar-refractivity contribution is 8.15. The number of hydrogen-bond acceptors (Lipinski definition) is 6. The molecule has 1 aliphatic carbocycles. The third-order valence-corrected chi connectivity index (χ3v) is 5.13. The summed E-state index contributed by atoms with van der Waals surface area (Å²) in [6.45, 7) is 0. The molecule has 0 unspecified atom stereocenters. The number of hydrogen-bond donors (Lipinski definition) is 0. The number of amidine groups is 1. The van der Waals surface area contributed by atoms with Gasteiger partial charge in [-0.25, -0.2) is 4.39 Å². The SMILES string of the molecule is O=C(Oc1ccccc1/C=N\N=C1/SCC(=O)N1c1cccc(F)c1)C1CC1. The summed E-state index contributed by atoms with van der Waals surface area (Å²) >= 11 is 1.23. The fourth-order valence-corrected chi connectivity index (χ4v) is 3.46. The van der Waals surface area contributed by atoms with E-state index in [9.17, 15) is 14.0 Å². The molecule has 6 nitrogen and oxygen atoms in total. The number of carbonyl (C=O) groups excluding carboxylic acids is 2. The first-order valence-corrected chi connectivity index (χ1v) is 9.73. The second-order valence-electron chi connectivity index (χ2n) is 6.36. The van der Waals surface area contributed by atoms with Crippen molar-refractivity contribution in [2.75, 3.05) is 10.7 Å². The molecule has 1 amide bonds. The number of esters is 1. The highest BCUT2D eigenvalue weighted by Crippen LogP contribution is 2.31. The molecular weight excluding hydrogens is 381 g/mol. The van der Waals surface area contributed by atoms with Crippen molar-refractivity contribution in [2.45, 2.75) is 12.8 Å². The highest BCUT2D eigenvalue weighted by atomic mass is 32.2. The van der Waals surface area contributed by atoms with Gasteiger partial charge in [-0.15, -0.1) is 5.10 Å². The first-order valence-electron chi connectivity index (χ1n) is 8.75. The lowest BCUT2D eigenvalue weighted by molar-refractivity contribution is -0.135. The van der Waals surface area contributed by atoms with Gasteiger partial charge in [-0.1, -0.05) is 30.0 Å². The van der Waals surface area contributed by atoms with Crippen LogP contribution in [0.2, 0.25) is 0 Å². The minimum Gasteiger partial charge on any atom is -0.426 e. The maximum atomic E-state index is 13.5. The van der Waals surface area contributed by atoms with Gasteiger partial charge in [-0.05, 0) is 43.2 Å². The first-order chi connectivity index (χ1) is 13.6. The monoisotopic (exact) mass is 397 g/mol. The van der Waals surface area contributed by atoms with Crippen molar-refractivity contribution < 1.29 is 18.7 Å². The van der Waals surface area contributed by atoms with Crippen LogP contribution in [-0.4, -0.2) is 29.0 Å². The van der Waals surface area contributed by atoms with Gasteiger partial charge in [0.2, 0.25) is 5.91 Å². The van der Waals surface area contributed by atoms with Gasteiger partial charge < -0.3 is 4.74 Å². The zero-order chi connectivity index (χ0) is 19.5. The van der Waals surface area contributed by atoms with Crippen LogP contribution in [-0.2, 0) is 9.59 Å². The third kappa shape index (κ3) is 4.12. The van der Waals surface area contributed by atoms with Crippen LogP contribution in [0.1, 0.15) is 18.4 Å². The number of para-hydroxylation sites is 1. The number of nitrogens with zero attached hydrogens (tertiary/aromatic N) is 3. The summed E-state index contributed by atoms with van der Waals surface area (Å²) < 4.78 is 18.9. The van der Waals surface area contributed by atoms with Gasteiger partial charge in [0, 0.05) is 5.56 Å². The molecule has 1 saturated heterocycles. The molecule has 2 aromatic rings. The molecule has 2 fully saturated rings. The predicted molar refractivity (Wildman–Crippen MR) is 106 cm³/mol. The zero-order valence-corrected chi connectivity index (χ0v) is 15.6. The Labute approximate surface area is 165 Å². The fourth-order valence-electron chi connectivity index (χ4n) is 2.64. The Balaban J connectivity index is 1.54. The molecule has 1 heterocycles. The van der Waals surface area contributed by atoms with E-state index in [1.807, 2.05) is 0 Å². The average Bonchev–Trinajstić information content (AvgIpc) is 3.47. The summed E-state index contributed by atoms with van der Waals surface area (Å²) in [6.07, 6.45) is 3.20. The largest absolute Gasteiger partial charge is 0.426 e. The minimum atomic E-state index is -0.434. The lowest BCUT2D eigenvalue weighted by atomic mass is 10.2. The standard InChI is InChI=1S/C20H16FN3O3S/c21-15-5-3-6-16(10-15)24-18(25)12-28-20(24)23-22-11-14-4-1-2-7-17(14)27-19(26)13-8-9-13/h1-7,10-11,13H,8-9,12H2/b22-11-,23-20-. The number of ether oxygens (including phenoxy) is 1. The Morgan fingerprint density at radius 1 is 1.21 bits per heavy atom. The van der Waals surface area contributed by atoms with E-state index >= 15 is 0 Å². The average molecular weight is 397 g/mol. The van der Waals surface area contributed by atoms with Crippen molar-refractivity contribution in [1.29, 1.82) is 0 Å². The molecule has 2 aromatic carbocycles. The van der Waals surface area contributed by atoms with Crippen LogP contribution in [0.4, 0.5) is 10.1 Å². The highest BCUT2D eigenvalue weighted by Gasteiger charge is 2.32. The Morgan fingerprint density at radius 3 is 2.82 bits per heavy atom. The Kier molecular flexibility index (Phi) is 5.21. The summed E-state index contributed by atoms with van der Waals surface area (Å²) in [5.41, 5.74) is 1.01. The number of amides is 1. The molecule has 8 heteroatoms. The number of carbonyl (C=O) groups is 2. The molecule has 2 aliphatic rings. The molecule has 0 N–H and O–H groups in total. The van der Waals surface area contributed by atoms with Crippen LogP contribution in [0.25, 0.3) is 0 Å². The molecular formula is C20H16FN3O3S. The van der Waals surface area contributed by atoms with E-state index in [4.69, 9.17) is 4.74 Å². The van der Waals surface area contributed by atoms with Crippen LogP contribution in [0.15, 0.2) is 58.7 Å². The lowest BCUT2D eigenvalue weighted by Gasteiger charge is -2.14. The maximum Gasteiger partial charge on any atom is 0.314 e. The van der Waals surface area contributed by atoms with E-state index in [2.05, 4.69) is 10.2 Å². The van der Waals surface area contributed by atoms with E-state index in [1.54, 1.807) is 30.3 Å². The number of benzene rings is 2. The van der Waals surface area contributed by atoms with Crippen LogP contribution in [0.3, 0.4) is 0 Å². The van der Waals surface area contributed by atoms with E-state index in [0.29, 0.717) is 22.2 Å². The van der Waals surface area contributed by atoms with E-state index in [-0.39, 0.29) is 23.5 Å². The van der Waals surface area contributed by atoms with E-state index in [0.717, 1.165) is 12.8 Å². The van der Waals surface area contributed by atoms with Gasteiger partial charge in [-0.2, -0.15) is 5.10 Å². The normalized spacial score (nSPS) is 18.2. The van der Waals surface area contributed by atoms with Crippen LogP contribution in [0.5, 0.6) is 5.75 Å². The van der Waals surface area contributed by atoms with Crippen LogP contribution in [0, 0.1) is 11.7 Å². The number of halogens is 1. The third-order valence-electron chi connectivity index (χ3n) is 4.21. The van der Waals surface area contributed by atoms with Gasteiger partial charge >= 0.3 is 5.97 Å². The van der Waals surface area contributed by atoms with E-state index in [1.165, 1.54) is 41.1 Å². The van der Waals surface area contributed by atoms with Crippen molar-refractivity contribution in [1.82, 2.24) is 0 Å². The Bertz CT molecular complexity index is 988. The second kappa shape index (κ2) is 7.93. The summed E-state index contributed by atoms with van der Waals surface area (Å²) in [7, 11) is 0. The van der Waals surface area contributed by atoms with Gasteiger partial charge in [0.1, 0.15) is 11.6 Å². The van der Waals surface area contributed by atoms with Crippen molar-refractivity contribution in [3.8, 4) is 5.75 Å². The Hall–Kier alpha value is -3.00. The number of thioether (sulfide) groups is 1. The number of anilines is 1. The molecule has 0 radical (unpaired) electrons. The van der Waals surface area contributed by atoms with Crippen molar-refractivity contribution >= 4 is 40.7 Å². The lowest BCUT2D eigenvalue weighted by Crippen LogP contribution is -2.29. The second-order valence-corrected chi connectivity index (χ2v) is 7.30. The molecule has 0 atom stereocenters. The minimum absolute atomic E-state index is 0.00837. The molecule has 1 aliphatic heterocycles. The molecule has 0 aromatic heterocycles. The topological polar surface area (TPSA) is 71.3 Å². The van der Waals surface area contributed by atoms with Gasteiger partial charge in [0.25, 0.3) is 0 Å². The molecule has 28 heavy (non-hydrogen) atoms. The zero-order valence-electron chi connectivity index (χ0n) is 14.7. The fraction of sp³-hybridized carbons (Fsp3) is 0.200. The summed E-state index contributed by atoms with van der Waals surface area (Å²) in [5.74, 6) is -0.243. The first kappa shape index (κ1) is 18.4. The Morgan fingerprint density at radius 2 is 2.04 bits per heavy atom. The molecule has 4 rings (SSSR count). The molecule has 1 saturated carbocycles. The van der Waals surface area contributed by atoms with Gasteiger partial charge in [0.15, 0.2) is 5.17 Å². The van der Waals surface area contributed by atoms with Crippen LogP contribution < -0.4 is 9.64 Å². The van der Waals surface area contributed by atoms with E-state index < -0.39 is 5.82 Å². The molecule has 0 spiro atoms. The maximum absolute atomic E-state index is 13.5. The van der Waals surface area contributed by atoms with Gasteiger partial charge in [-0.3, -0.25) is 14.5 Å². The molecule has 142 valence electrons. The predicted octanol–water partition coefficient (Wildman–Crippen LogP) is 3.61. The van der Waals surface area contributed by atoms with Gasteiger partial charge in [0.05, 0.1) is 23.6 Å². The molecule has 0 bridgehead atoms. The summed E-state index contributed by atoms with van der Waals surface area (Å²) in [5, 5.41) is 8.52. The summed E-state index contributed by atoms with van der Waals surface area (Å²) in [4.78, 5) is 25.4. The smallest absolute Gasteiger partial charge is 0.314 e. The van der Waals surface area contributed by atoms with Crippen molar-refractivity contribution in [3.63, 3.8) is 0 Å². The van der Waals surface area contributed by atoms with Crippen molar-refractivity contribution in [2.24, 2.45) is 16.1 Å².